The Morgan fingerprint density at radius 1 is 1.60 bits per heavy atom. The number of rotatable bonds is 5. The van der Waals surface area contributed by atoms with E-state index < -0.39 is 0 Å². The van der Waals surface area contributed by atoms with Gasteiger partial charge in [0.05, 0.1) is 11.6 Å². The van der Waals surface area contributed by atoms with Crippen LogP contribution in [0.3, 0.4) is 0 Å². The predicted molar refractivity (Wildman–Crippen MR) is 59.6 cm³/mol. The average molecular weight is 228 g/mol. The van der Waals surface area contributed by atoms with Gasteiger partial charge in [0.25, 0.3) is 0 Å². The molecule has 0 bridgehead atoms. The van der Waals surface area contributed by atoms with Gasteiger partial charge in [-0.2, -0.15) is 0 Å². The van der Waals surface area contributed by atoms with Crippen LogP contribution in [0.5, 0.6) is 0 Å². The van der Waals surface area contributed by atoms with Crippen LogP contribution in [0.15, 0.2) is 18.5 Å². The van der Waals surface area contributed by atoms with E-state index in [2.05, 4.69) is 15.6 Å². The second-order valence-corrected chi connectivity index (χ2v) is 3.43. The monoisotopic (exact) mass is 227 g/mol. The summed E-state index contributed by atoms with van der Waals surface area (Å²) in [7, 11) is 0. The molecule has 5 heteroatoms. The van der Waals surface area contributed by atoms with Gasteiger partial charge in [-0.1, -0.05) is 11.6 Å². The van der Waals surface area contributed by atoms with Crippen LogP contribution in [0.4, 0.5) is 0 Å². The molecule has 82 valence electrons. The number of halogens is 1. The Balaban J connectivity index is 2.32. The minimum Gasteiger partial charge on any atom is -0.355 e. The van der Waals surface area contributed by atoms with Crippen molar-refractivity contribution in [3.05, 3.63) is 29.0 Å². The lowest BCUT2D eigenvalue weighted by molar-refractivity contribution is -0.120. The SMILES string of the molecule is CCNC(=O)CNCc1ccncc1Cl. The smallest absolute Gasteiger partial charge is 0.233 e. The normalized spacial score (nSPS) is 10.0. The summed E-state index contributed by atoms with van der Waals surface area (Å²) < 4.78 is 0. The first-order valence-electron chi connectivity index (χ1n) is 4.80. The van der Waals surface area contributed by atoms with Crippen LogP contribution in [0, 0.1) is 0 Å². The topological polar surface area (TPSA) is 54.0 Å². The molecule has 0 unspecified atom stereocenters. The number of aromatic nitrogens is 1. The first-order valence-corrected chi connectivity index (χ1v) is 5.17. The van der Waals surface area contributed by atoms with Gasteiger partial charge in [0.15, 0.2) is 0 Å². The molecule has 0 aliphatic carbocycles. The first kappa shape index (κ1) is 11.9. The third kappa shape index (κ3) is 4.27. The van der Waals surface area contributed by atoms with E-state index in [0.717, 1.165) is 5.56 Å². The van der Waals surface area contributed by atoms with Crippen LogP contribution in [0.2, 0.25) is 5.02 Å². The largest absolute Gasteiger partial charge is 0.355 e. The van der Waals surface area contributed by atoms with Gasteiger partial charge in [-0.05, 0) is 18.6 Å². The summed E-state index contributed by atoms with van der Waals surface area (Å²) in [5.41, 5.74) is 0.941. The van der Waals surface area contributed by atoms with Crippen molar-refractivity contribution in [1.82, 2.24) is 15.6 Å². The standard InChI is InChI=1S/C10H14ClN3O/c1-2-14-10(15)7-13-5-8-3-4-12-6-9(8)11/h3-4,6,13H,2,5,7H2,1H3,(H,14,15). The first-order chi connectivity index (χ1) is 7.24. The zero-order valence-corrected chi connectivity index (χ0v) is 9.34. The molecular weight excluding hydrogens is 214 g/mol. The summed E-state index contributed by atoms with van der Waals surface area (Å²) in [6.07, 6.45) is 3.26. The number of amides is 1. The molecule has 4 nitrogen and oxygen atoms in total. The summed E-state index contributed by atoms with van der Waals surface area (Å²) in [5.74, 6) is -0.0114. The van der Waals surface area contributed by atoms with Crippen LogP contribution in [0.1, 0.15) is 12.5 Å². The third-order valence-electron chi connectivity index (χ3n) is 1.83. The zero-order chi connectivity index (χ0) is 11.1. The van der Waals surface area contributed by atoms with E-state index in [4.69, 9.17) is 11.6 Å². The second kappa shape index (κ2) is 6.37. The molecule has 1 amide bonds. The minimum absolute atomic E-state index is 0.0114. The molecule has 1 rings (SSSR count). The highest BCUT2D eigenvalue weighted by Crippen LogP contribution is 2.12. The summed E-state index contributed by atoms with van der Waals surface area (Å²) in [6.45, 7) is 3.40. The Labute approximate surface area is 94.0 Å². The molecule has 0 fully saturated rings. The molecule has 0 spiro atoms. The van der Waals surface area contributed by atoms with Crippen LogP contribution in [0.25, 0.3) is 0 Å². The van der Waals surface area contributed by atoms with Crippen molar-refractivity contribution in [3.8, 4) is 0 Å². The third-order valence-corrected chi connectivity index (χ3v) is 2.17. The van der Waals surface area contributed by atoms with E-state index in [1.807, 2.05) is 13.0 Å². The van der Waals surface area contributed by atoms with Gasteiger partial charge in [0.1, 0.15) is 0 Å². The predicted octanol–water partition coefficient (Wildman–Crippen LogP) is 0.961. The average Bonchev–Trinajstić information content (AvgIpc) is 2.21. The molecular formula is C10H14ClN3O. The van der Waals surface area contributed by atoms with Crippen molar-refractivity contribution >= 4 is 17.5 Å². The lowest BCUT2D eigenvalue weighted by Crippen LogP contribution is -2.33. The Kier molecular flexibility index (Phi) is 5.07. The number of nitrogens with one attached hydrogen (secondary N) is 2. The molecule has 0 aliphatic rings. The van der Waals surface area contributed by atoms with Crippen LogP contribution < -0.4 is 10.6 Å². The van der Waals surface area contributed by atoms with Gasteiger partial charge in [0.2, 0.25) is 5.91 Å². The molecule has 1 heterocycles. The number of nitrogens with zero attached hydrogens (tertiary/aromatic N) is 1. The van der Waals surface area contributed by atoms with E-state index in [0.29, 0.717) is 24.7 Å². The maximum absolute atomic E-state index is 11.1. The van der Waals surface area contributed by atoms with Crippen molar-refractivity contribution in [2.24, 2.45) is 0 Å². The highest BCUT2D eigenvalue weighted by atomic mass is 35.5. The van der Waals surface area contributed by atoms with E-state index in [1.165, 1.54) is 0 Å². The van der Waals surface area contributed by atoms with Gasteiger partial charge < -0.3 is 10.6 Å². The summed E-state index contributed by atoms with van der Waals surface area (Å²) in [5, 5.41) is 6.31. The summed E-state index contributed by atoms with van der Waals surface area (Å²) in [6, 6.07) is 1.83. The van der Waals surface area contributed by atoms with Crippen LogP contribution >= 0.6 is 11.6 Å². The van der Waals surface area contributed by atoms with Crippen molar-refractivity contribution in [2.75, 3.05) is 13.1 Å². The van der Waals surface area contributed by atoms with E-state index >= 15 is 0 Å². The van der Waals surface area contributed by atoms with E-state index in [9.17, 15) is 4.79 Å². The molecule has 0 saturated carbocycles. The van der Waals surface area contributed by atoms with Gasteiger partial charge in [-0.3, -0.25) is 9.78 Å². The van der Waals surface area contributed by atoms with Gasteiger partial charge >= 0.3 is 0 Å². The van der Waals surface area contributed by atoms with Gasteiger partial charge in [0, 0.05) is 25.5 Å². The fourth-order valence-electron chi connectivity index (χ4n) is 1.12. The summed E-state index contributed by atoms with van der Waals surface area (Å²) in [4.78, 5) is 15.0. The molecule has 1 aromatic heterocycles. The summed E-state index contributed by atoms with van der Waals surface area (Å²) >= 11 is 5.90. The Morgan fingerprint density at radius 3 is 3.07 bits per heavy atom. The molecule has 1 aromatic rings. The van der Waals surface area contributed by atoms with Crippen molar-refractivity contribution < 1.29 is 4.79 Å². The maximum atomic E-state index is 11.1. The molecule has 0 aliphatic heterocycles. The number of likely N-dealkylation sites (N-methyl/N-ethyl adjacent to an activating group) is 1. The van der Waals surface area contributed by atoms with E-state index in [1.54, 1.807) is 12.4 Å². The van der Waals surface area contributed by atoms with E-state index in [-0.39, 0.29) is 5.91 Å². The van der Waals surface area contributed by atoms with Crippen molar-refractivity contribution in [3.63, 3.8) is 0 Å². The quantitative estimate of drug-likeness (QED) is 0.788. The number of pyridine rings is 1. The molecule has 2 N–H and O–H groups in total. The van der Waals surface area contributed by atoms with Crippen molar-refractivity contribution in [2.45, 2.75) is 13.5 Å². The fourth-order valence-corrected chi connectivity index (χ4v) is 1.30. The minimum atomic E-state index is -0.0114. The maximum Gasteiger partial charge on any atom is 0.233 e. The van der Waals surface area contributed by atoms with Crippen LogP contribution in [-0.4, -0.2) is 24.0 Å². The van der Waals surface area contributed by atoms with Gasteiger partial charge in [-0.15, -0.1) is 0 Å². The fraction of sp³-hybridized carbons (Fsp3) is 0.400. The van der Waals surface area contributed by atoms with Crippen molar-refractivity contribution in [1.29, 1.82) is 0 Å². The molecule has 15 heavy (non-hydrogen) atoms. The van der Waals surface area contributed by atoms with Crippen LogP contribution in [-0.2, 0) is 11.3 Å². The number of hydrogen-bond acceptors (Lipinski definition) is 3. The Bertz CT molecular complexity index is 330. The highest BCUT2D eigenvalue weighted by Gasteiger charge is 2.01. The number of carbonyl (C=O) groups is 1. The zero-order valence-electron chi connectivity index (χ0n) is 8.59. The number of carbonyl (C=O) groups excluding carboxylic acids is 1. The second-order valence-electron chi connectivity index (χ2n) is 3.02. The Morgan fingerprint density at radius 2 is 2.40 bits per heavy atom. The Hall–Kier alpha value is -1.13. The lowest BCUT2D eigenvalue weighted by atomic mass is 10.2. The lowest BCUT2D eigenvalue weighted by Gasteiger charge is -2.05. The molecule has 0 atom stereocenters. The molecule has 0 saturated heterocycles. The van der Waals surface area contributed by atoms with Gasteiger partial charge in [-0.25, -0.2) is 0 Å². The highest BCUT2D eigenvalue weighted by molar-refractivity contribution is 6.31. The number of hydrogen-bond donors (Lipinski definition) is 2. The molecule has 0 aromatic carbocycles. The molecule has 0 radical (unpaired) electrons.